The largest absolute Gasteiger partial charge is 0.485 e. The number of hydrogen-bond donors (Lipinski definition) is 0. The molecule has 0 bridgehead atoms. The van der Waals surface area contributed by atoms with E-state index in [2.05, 4.69) is 16.3 Å². The van der Waals surface area contributed by atoms with Crippen molar-refractivity contribution in [1.82, 2.24) is 14.8 Å². The van der Waals surface area contributed by atoms with E-state index >= 15 is 0 Å². The van der Waals surface area contributed by atoms with E-state index in [0.717, 1.165) is 18.7 Å². The second-order valence-corrected chi connectivity index (χ2v) is 7.92. The van der Waals surface area contributed by atoms with Crippen molar-refractivity contribution in [3.8, 4) is 17.2 Å². The maximum atomic E-state index is 12.7. The first-order chi connectivity index (χ1) is 14.7. The molecule has 1 aromatic heterocycles. The predicted molar refractivity (Wildman–Crippen MR) is 111 cm³/mol. The van der Waals surface area contributed by atoms with Crippen LogP contribution in [0.4, 0.5) is 5.69 Å². The Kier molecular flexibility index (Phi) is 4.96. The summed E-state index contributed by atoms with van der Waals surface area (Å²) in [6.07, 6.45) is 0.901. The van der Waals surface area contributed by atoms with Crippen molar-refractivity contribution in [2.45, 2.75) is 18.2 Å². The van der Waals surface area contributed by atoms with Crippen LogP contribution >= 0.6 is 11.8 Å². The second-order valence-electron chi connectivity index (χ2n) is 6.97. The molecule has 0 N–H and O–H groups in total. The number of fused-ring (bicyclic) bond motifs is 2. The van der Waals surface area contributed by atoms with E-state index in [1.54, 1.807) is 6.07 Å². The highest BCUT2D eigenvalue weighted by atomic mass is 32.2. The summed E-state index contributed by atoms with van der Waals surface area (Å²) in [6, 6.07) is 13.5. The number of amides is 1. The van der Waals surface area contributed by atoms with Crippen molar-refractivity contribution in [2.75, 3.05) is 24.0 Å². The summed E-state index contributed by atoms with van der Waals surface area (Å²) in [5.74, 6) is 3.11. The molecule has 8 nitrogen and oxygen atoms in total. The molecular formula is C21H20N4O4S. The first-order valence-electron chi connectivity index (χ1n) is 9.61. The Morgan fingerprint density at radius 1 is 1.17 bits per heavy atom. The van der Waals surface area contributed by atoms with Crippen LogP contribution in [0.2, 0.25) is 0 Å². The Morgan fingerprint density at radius 3 is 2.97 bits per heavy atom. The van der Waals surface area contributed by atoms with Crippen molar-refractivity contribution in [3.05, 3.63) is 53.9 Å². The van der Waals surface area contributed by atoms with Gasteiger partial charge in [-0.1, -0.05) is 30.0 Å². The number of anilines is 1. The number of hydrogen-bond acceptors (Lipinski definition) is 7. The summed E-state index contributed by atoms with van der Waals surface area (Å²) in [5, 5.41) is 9.09. The van der Waals surface area contributed by atoms with Gasteiger partial charge in [0.25, 0.3) is 0 Å². The highest BCUT2D eigenvalue weighted by Crippen LogP contribution is 2.35. The Balaban J connectivity index is 1.19. The van der Waals surface area contributed by atoms with Crippen LogP contribution in [-0.4, -0.2) is 39.8 Å². The van der Waals surface area contributed by atoms with Crippen LogP contribution in [0, 0.1) is 0 Å². The fourth-order valence-electron chi connectivity index (χ4n) is 3.51. The molecule has 30 heavy (non-hydrogen) atoms. The molecule has 2 aliphatic heterocycles. The normalized spacial score (nSPS) is 14.1. The van der Waals surface area contributed by atoms with Gasteiger partial charge >= 0.3 is 0 Å². The predicted octanol–water partition coefficient (Wildman–Crippen LogP) is 2.80. The third-order valence-corrected chi connectivity index (χ3v) is 6.16. The summed E-state index contributed by atoms with van der Waals surface area (Å²) in [6.45, 7) is 1.22. The number of thioether (sulfide) groups is 1. The molecule has 0 spiro atoms. The molecule has 0 saturated carbocycles. The highest BCUT2D eigenvalue weighted by Gasteiger charge is 2.24. The van der Waals surface area contributed by atoms with Crippen molar-refractivity contribution >= 4 is 23.4 Å². The maximum absolute atomic E-state index is 12.7. The zero-order valence-electron chi connectivity index (χ0n) is 16.4. The lowest BCUT2D eigenvalue weighted by atomic mass is 10.2. The SMILES string of the molecule is Cn1c(COc2ccc3c(c2)OCO3)nnc1SCC(=O)N1CCc2ccccc21. The van der Waals surface area contributed by atoms with Gasteiger partial charge in [-0.15, -0.1) is 10.2 Å². The van der Waals surface area contributed by atoms with E-state index in [4.69, 9.17) is 14.2 Å². The van der Waals surface area contributed by atoms with Gasteiger partial charge in [0.1, 0.15) is 12.4 Å². The van der Waals surface area contributed by atoms with Crippen LogP contribution in [-0.2, 0) is 24.9 Å². The zero-order chi connectivity index (χ0) is 20.5. The quantitative estimate of drug-likeness (QED) is 0.563. The summed E-state index contributed by atoms with van der Waals surface area (Å²) < 4.78 is 18.3. The molecule has 5 rings (SSSR count). The van der Waals surface area contributed by atoms with Gasteiger partial charge in [-0.3, -0.25) is 4.79 Å². The van der Waals surface area contributed by atoms with Crippen LogP contribution in [0.15, 0.2) is 47.6 Å². The number of aromatic nitrogens is 3. The van der Waals surface area contributed by atoms with E-state index in [-0.39, 0.29) is 19.3 Å². The van der Waals surface area contributed by atoms with Gasteiger partial charge in [0, 0.05) is 25.3 Å². The number of para-hydroxylation sites is 1. The lowest BCUT2D eigenvalue weighted by Crippen LogP contribution is -2.30. The smallest absolute Gasteiger partial charge is 0.237 e. The minimum Gasteiger partial charge on any atom is -0.485 e. The number of carbonyl (C=O) groups excluding carboxylic acids is 1. The third kappa shape index (κ3) is 3.56. The molecule has 0 unspecified atom stereocenters. The molecule has 154 valence electrons. The average molecular weight is 424 g/mol. The molecule has 9 heteroatoms. The van der Waals surface area contributed by atoms with Gasteiger partial charge in [-0.25, -0.2) is 0 Å². The van der Waals surface area contributed by atoms with Crippen molar-refractivity contribution in [3.63, 3.8) is 0 Å². The number of benzene rings is 2. The third-order valence-electron chi connectivity index (χ3n) is 5.15. The molecule has 0 aliphatic carbocycles. The lowest BCUT2D eigenvalue weighted by Gasteiger charge is -2.16. The van der Waals surface area contributed by atoms with Crippen LogP contribution in [0.1, 0.15) is 11.4 Å². The van der Waals surface area contributed by atoms with Crippen LogP contribution in [0.3, 0.4) is 0 Å². The molecule has 3 aromatic rings. The summed E-state index contributed by atoms with van der Waals surface area (Å²) >= 11 is 1.38. The molecule has 3 heterocycles. The minimum atomic E-state index is 0.0751. The Bertz CT molecular complexity index is 1100. The van der Waals surface area contributed by atoms with Gasteiger partial charge in [0.15, 0.2) is 22.5 Å². The maximum Gasteiger partial charge on any atom is 0.237 e. The van der Waals surface area contributed by atoms with Crippen LogP contribution in [0.5, 0.6) is 17.2 Å². The highest BCUT2D eigenvalue weighted by molar-refractivity contribution is 7.99. The molecule has 2 aliphatic rings. The van der Waals surface area contributed by atoms with E-state index < -0.39 is 0 Å². The Morgan fingerprint density at radius 2 is 2.03 bits per heavy atom. The van der Waals surface area contributed by atoms with Crippen LogP contribution in [0.25, 0.3) is 0 Å². The number of nitrogens with zero attached hydrogens (tertiary/aromatic N) is 4. The topological polar surface area (TPSA) is 78.7 Å². The van der Waals surface area contributed by atoms with Gasteiger partial charge in [-0.2, -0.15) is 0 Å². The first kappa shape index (κ1) is 18.8. The minimum absolute atomic E-state index is 0.0751. The Labute approximate surface area is 177 Å². The molecule has 0 atom stereocenters. The van der Waals surface area contributed by atoms with Crippen molar-refractivity contribution < 1.29 is 19.0 Å². The van der Waals surface area contributed by atoms with Crippen molar-refractivity contribution in [2.24, 2.45) is 7.05 Å². The molecule has 0 fully saturated rings. The lowest BCUT2D eigenvalue weighted by molar-refractivity contribution is -0.116. The van der Waals surface area contributed by atoms with Crippen molar-refractivity contribution in [1.29, 1.82) is 0 Å². The first-order valence-corrected chi connectivity index (χ1v) is 10.6. The summed E-state index contributed by atoms with van der Waals surface area (Å²) in [4.78, 5) is 14.6. The molecule has 0 radical (unpaired) electrons. The monoisotopic (exact) mass is 424 g/mol. The molecule has 1 amide bonds. The zero-order valence-corrected chi connectivity index (χ0v) is 17.2. The fraction of sp³-hybridized carbons (Fsp3) is 0.286. The van der Waals surface area contributed by atoms with Gasteiger partial charge in [0.2, 0.25) is 12.7 Å². The average Bonchev–Trinajstić information content (AvgIpc) is 3.49. The fourth-order valence-corrected chi connectivity index (χ4v) is 4.32. The summed E-state index contributed by atoms with van der Waals surface area (Å²) in [7, 11) is 1.87. The van der Waals surface area contributed by atoms with Gasteiger partial charge in [-0.05, 0) is 30.2 Å². The standard InChI is InChI=1S/C21H20N4O4S/c1-24-19(11-27-15-6-7-17-18(10-15)29-13-28-17)22-23-21(24)30-12-20(26)25-9-8-14-4-2-3-5-16(14)25/h2-7,10H,8-9,11-13H2,1H3. The molecule has 2 aromatic carbocycles. The van der Waals surface area contributed by atoms with E-state index in [9.17, 15) is 4.79 Å². The summed E-state index contributed by atoms with van der Waals surface area (Å²) in [5.41, 5.74) is 2.23. The molecule has 0 saturated heterocycles. The Hall–Kier alpha value is -3.20. The number of rotatable bonds is 6. The second kappa shape index (κ2) is 7.91. The van der Waals surface area contributed by atoms with E-state index in [1.165, 1.54) is 17.3 Å². The van der Waals surface area contributed by atoms with Crippen LogP contribution < -0.4 is 19.1 Å². The number of ether oxygens (including phenoxy) is 3. The van der Waals surface area contributed by atoms with Gasteiger partial charge in [0.05, 0.1) is 5.75 Å². The van der Waals surface area contributed by atoms with E-state index in [0.29, 0.717) is 34.0 Å². The van der Waals surface area contributed by atoms with Gasteiger partial charge < -0.3 is 23.7 Å². The molecular weight excluding hydrogens is 404 g/mol. The van der Waals surface area contributed by atoms with E-state index in [1.807, 2.05) is 46.8 Å². The number of carbonyl (C=O) groups is 1.